The molecule has 5 nitrogen and oxygen atoms in total. The Bertz CT molecular complexity index is 2800. The molecule has 0 N–H and O–H groups in total. The lowest BCUT2D eigenvalue weighted by atomic mass is 9.96. The highest BCUT2D eigenvalue weighted by Gasteiger charge is 2.18. The third kappa shape index (κ3) is 4.67. The van der Waals surface area contributed by atoms with Gasteiger partial charge in [-0.2, -0.15) is 0 Å². The standard InChI is InChI=1S/C45H27N5/c1-4-14-32-29(12-1)25-38(36-18-8-6-16-34(32)36)44-48-43(31-22-23-41(46-27-31)42-24-21-28-11-3-10-20-40(28)47-42)49-45(50-44)39-26-30-13-2-5-15-33(30)35-17-7-9-19-37(35)39/h1-27H. The predicted octanol–water partition coefficient (Wildman–Crippen LogP) is 11.1. The van der Waals surface area contributed by atoms with Crippen LogP contribution in [0.4, 0.5) is 0 Å². The number of rotatable bonds is 4. The van der Waals surface area contributed by atoms with Crippen LogP contribution < -0.4 is 0 Å². The van der Waals surface area contributed by atoms with Gasteiger partial charge in [-0.3, -0.25) is 4.98 Å². The molecule has 50 heavy (non-hydrogen) atoms. The maximum atomic E-state index is 5.25. The molecule has 0 amide bonds. The highest BCUT2D eigenvalue weighted by atomic mass is 15.0. The minimum Gasteiger partial charge on any atom is -0.254 e. The van der Waals surface area contributed by atoms with Crippen LogP contribution >= 0.6 is 0 Å². The van der Waals surface area contributed by atoms with E-state index in [4.69, 9.17) is 24.9 Å². The van der Waals surface area contributed by atoms with Gasteiger partial charge in [-0.1, -0.05) is 121 Å². The molecule has 0 unspecified atom stereocenters. The van der Waals surface area contributed by atoms with Gasteiger partial charge < -0.3 is 0 Å². The summed E-state index contributed by atoms with van der Waals surface area (Å²) in [6, 6.07) is 54.5. The van der Waals surface area contributed by atoms with Crippen molar-refractivity contribution >= 4 is 54.0 Å². The van der Waals surface area contributed by atoms with Crippen LogP contribution in [0.25, 0.3) is 99.5 Å². The topological polar surface area (TPSA) is 64.5 Å². The molecular formula is C45H27N5. The Hall–Kier alpha value is -6.85. The zero-order chi connectivity index (χ0) is 33.0. The van der Waals surface area contributed by atoms with Gasteiger partial charge in [-0.15, -0.1) is 0 Å². The number of benzene rings is 7. The normalized spacial score (nSPS) is 11.6. The van der Waals surface area contributed by atoms with Crippen LogP contribution in [0.1, 0.15) is 0 Å². The second-order valence-corrected chi connectivity index (χ2v) is 12.5. The lowest BCUT2D eigenvalue weighted by molar-refractivity contribution is 1.07. The summed E-state index contributed by atoms with van der Waals surface area (Å²) >= 11 is 0. The Morgan fingerprint density at radius 1 is 0.320 bits per heavy atom. The maximum absolute atomic E-state index is 5.25. The van der Waals surface area contributed by atoms with Gasteiger partial charge in [0.05, 0.1) is 16.9 Å². The molecule has 232 valence electrons. The first-order valence-electron chi connectivity index (χ1n) is 16.7. The molecule has 10 rings (SSSR count). The van der Waals surface area contributed by atoms with Gasteiger partial charge in [0.25, 0.3) is 0 Å². The number of fused-ring (bicyclic) bond motifs is 7. The molecular weight excluding hydrogens is 611 g/mol. The molecule has 0 bridgehead atoms. The van der Waals surface area contributed by atoms with Crippen LogP contribution in [-0.2, 0) is 0 Å². The smallest absolute Gasteiger partial charge is 0.165 e. The Kier molecular flexibility index (Phi) is 6.42. The molecule has 0 saturated carbocycles. The van der Waals surface area contributed by atoms with Crippen molar-refractivity contribution in [2.45, 2.75) is 0 Å². The summed E-state index contributed by atoms with van der Waals surface area (Å²) in [4.78, 5) is 25.3. The van der Waals surface area contributed by atoms with E-state index in [9.17, 15) is 0 Å². The molecule has 0 aliphatic carbocycles. The number of aromatic nitrogens is 5. The monoisotopic (exact) mass is 637 g/mol. The number of hydrogen-bond acceptors (Lipinski definition) is 5. The van der Waals surface area contributed by atoms with Gasteiger partial charge in [-0.05, 0) is 79.5 Å². The Labute approximate surface area is 287 Å². The predicted molar refractivity (Wildman–Crippen MR) is 205 cm³/mol. The number of nitrogens with zero attached hydrogens (tertiary/aromatic N) is 5. The van der Waals surface area contributed by atoms with Crippen molar-refractivity contribution in [1.29, 1.82) is 0 Å². The number of pyridine rings is 2. The molecule has 0 fully saturated rings. The lowest BCUT2D eigenvalue weighted by Gasteiger charge is -2.14. The third-order valence-corrected chi connectivity index (χ3v) is 9.54. The van der Waals surface area contributed by atoms with Crippen molar-refractivity contribution in [3.8, 4) is 45.6 Å². The summed E-state index contributed by atoms with van der Waals surface area (Å²) < 4.78 is 0. The summed E-state index contributed by atoms with van der Waals surface area (Å²) in [7, 11) is 0. The van der Waals surface area contributed by atoms with Gasteiger partial charge in [0.2, 0.25) is 0 Å². The first-order chi connectivity index (χ1) is 24.8. The fourth-order valence-electron chi connectivity index (χ4n) is 7.11. The maximum Gasteiger partial charge on any atom is 0.165 e. The highest BCUT2D eigenvalue weighted by molar-refractivity contribution is 6.14. The Balaban J connectivity index is 1.21. The Morgan fingerprint density at radius 3 is 1.38 bits per heavy atom. The molecule has 0 radical (unpaired) electrons. The van der Waals surface area contributed by atoms with E-state index < -0.39 is 0 Å². The summed E-state index contributed by atoms with van der Waals surface area (Å²) in [6.07, 6.45) is 1.84. The summed E-state index contributed by atoms with van der Waals surface area (Å²) in [6.45, 7) is 0. The zero-order valence-corrected chi connectivity index (χ0v) is 26.8. The van der Waals surface area contributed by atoms with E-state index in [1.807, 2.05) is 42.6 Å². The van der Waals surface area contributed by atoms with Crippen LogP contribution in [0.3, 0.4) is 0 Å². The number of para-hydroxylation sites is 1. The minimum absolute atomic E-state index is 0.560. The van der Waals surface area contributed by atoms with Crippen LogP contribution in [0.5, 0.6) is 0 Å². The van der Waals surface area contributed by atoms with E-state index in [1.165, 1.54) is 10.8 Å². The Morgan fingerprint density at radius 2 is 0.800 bits per heavy atom. The molecule has 3 heterocycles. The first-order valence-corrected chi connectivity index (χ1v) is 16.7. The first kappa shape index (κ1) is 28.2. The molecule has 7 aromatic carbocycles. The fraction of sp³-hybridized carbons (Fsp3) is 0. The quantitative estimate of drug-likeness (QED) is 0.180. The zero-order valence-electron chi connectivity index (χ0n) is 26.8. The van der Waals surface area contributed by atoms with Crippen LogP contribution in [0.2, 0.25) is 0 Å². The molecule has 0 atom stereocenters. The molecule has 10 aromatic rings. The van der Waals surface area contributed by atoms with Crippen LogP contribution in [0.15, 0.2) is 164 Å². The molecule has 5 heteroatoms. The van der Waals surface area contributed by atoms with Crippen molar-refractivity contribution in [1.82, 2.24) is 24.9 Å². The summed E-state index contributed by atoms with van der Waals surface area (Å²) in [5.41, 5.74) is 5.26. The van der Waals surface area contributed by atoms with E-state index in [-0.39, 0.29) is 0 Å². The van der Waals surface area contributed by atoms with Crippen molar-refractivity contribution in [2.24, 2.45) is 0 Å². The van der Waals surface area contributed by atoms with Crippen molar-refractivity contribution in [2.75, 3.05) is 0 Å². The minimum atomic E-state index is 0.560. The molecule has 0 spiro atoms. The molecule has 3 aromatic heterocycles. The van der Waals surface area contributed by atoms with Crippen molar-refractivity contribution in [3.63, 3.8) is 0 Å². The average Bonchev–Trinajstić information content (AvgIpc) is 3.20. The van der Waals surface area contributed by atoms with Gasteiger partial charge >= 0.3 is 0 Å². The molecule has 0 saturated heterocycles. The third-order valence-electron chi connectivity index (χ3n) is 9.54. The fourth-order valence-corrected chi connectivity index (χ4v) is 7.11. The number of hydrogen-bond donors (Lipinski definition) is 0. The largest absolute Gasteiger partial charge is 0.254 e. The van der Waals surface area contributed by atoms with Crippen molar-refractivity contribution in [3.05, 3.63) is 164 Å². The van der Waals surface area contributed by atoms with Crippen LogP contribution in [0, 0.1) is 0 Å². The second-order valence-electron chi connectivity index (χ2n) is 12.5. The van der Waals surface area contributed by atoms with E-state index in [2.05, 4.69) is 121 Å². The summed E-state index contributed by atoms with van der Waals surface area (Å²) in [5, 5.41) is 10.3. The van der Waals surface area contributed by atoms with Gasteiger partial charge in [0.1, 0.15) is 0 Å². The molecule has 0 aliphatic heterocycles. The van der Waals surface area contributed by atoms with Gasteiger partial charge in [0, 0.05) is 28.3 Å². The van der Waals surface area contributed by atoms with E-state index in [0.29, 0.717) is 17.5 Å². The average molecular weight is 638 g/mol. The second kappa shape index (κ2) is 11.4. The van der Waals surface area contributed by atoms with Gasteiger partial charge in [0.15, 0.2) is 17.5 Å². The van der Waals surface area contributed by atoms with E-state index in [1.54, 1.807) is 0 Å². The van der Waals surface area contributed by atoms with Crippen molar-refractivity contribution < 1.29 is 0 Å². The van der Waals surface area contributed by atoms with Gasteiger partial charge in [-0.25, -0.2) is 19.9 Å². The summed E-state index contributed by atoms with van der Waals surface area (Å²) in [5.74, 6) is 1.79. The SMILES string of the molecule is c1ccc2nc(-c3ccc(-c4nc(-c5cc6ccccc6c6ccccc56)nc(-c5cc6ccccc6c6ccccc56)n4)cn3)ccc2c1. The molecule has 0 aliphatic rings. The van der Waals surface area contributed by atoms with E-state index >= 15 is 0 Å². The van der Waals surface area contributed by atoms with Crippen LogP contribution in [-0.4, -0.2) is 24.9 Å². The highest BCUT2D eigenvalue weighted by Crippen LogP contribution is 2.38. The van der Waals surface area contributed by atoms with E-state index in [0.717, 1.165) is 71.3 Å². The lowest BCUT2D eigenvalue weighted by Crippen LogP contribution is -2.02.